The van der Waals surface area contributed by atoms with Gasteiger partial charge in [0.15, 0.2) is 0 Å². The Morgan fingerprint density at radius 1 is 1.00 bits per heavy atom. The first-order valence-electron chi connectivity index (χ1n) is 8.47. The summed E-state index contributed by atoms with van der Waals surface area (Å²) in [6.45, 7) is 6.48. The van der Waals surface area contributed by atoms with Gasteiger partial charge in [-0.2, -0.15) is 0 Å². The highest BCUT2D eigenvalue weighted by Crippen LogP contribution is 2.35. The summed E-state index contributed by atoms with van der Waals surface area (Å²) in [5, 5.41) is 19.9. The van der Waals surface area contributed by atoms with Crippen LogP contribution < -0.4 is 0 Å². The minimum absolute atomic E-state index is 0.295. The summed E-state index contributed by atoms with van der Waals surface area (Å²) in [6, 6.07) is 3.16. The van der Waals surface area contributed by atoms with Crippen molar-refractivity contribution >= 4 is 0 Å². The smallest absolute Gasteiger partial charge is 0.119 e. The Kier molecular flexibility index (Phi) is 6.09. The van der Waals surface area contributed by atoms with E-state index in [0.717, 1.165) is 43.2 Å². The predicted octanol–water partition coefficient (Wildman–Crippen LogP) is 5.60. The van der Waals surface area contributed by atoms with Crippen LogP contribution in [0.1, 0.15) is 57.6 Å². The molecule has 1 aromatic carbocycles. The number of hydrogen-bond acceptors (Lipinski definition) is 2. The molecule has 0 aromatic heterocycles. The van der Waals surface area contributed by atoms with Crippen molar-refractivity contribution in [1.29, 1.82) is 0 Å². The topological polar surface area (TPSA) is 40.5 Å². The minimum atomic E-state index is 0.295. The van der Waals surface area contributed by atoms with Crippen LogP contribution in [0.2, 0.25) is 0 Å². The number of hydrogen-bond donors (Lipinski definition) is 2. The number of phenols is 2. The summed E-state index contributed by atoms with van der Waals surface area (Å²) >= 11 is 0. The standard InChI is InChI=1S/C21H28O2/c1-15(2)6-4-7-16(3)8-5-9-17-10-11-18-19(14-17)21(23)13-12-20(18)22/h6,8,10,12-13,22-23H,4-5,7,9,11,14H2,1-3H3. The normalized spacial score (nSPS) is 14.2. The third-order valence-corrected chi connectivity index (χ3v) is 4.43. The maximum Gasteiger partial charge on any atom is 0.119 e. The van der Waals surface area contributed by atoms with Crippen LogP contribution in [-0.2, 0) is 12.8 Å². The summed E-state index contributed by atoms with van der Waals surface area (Å²) < 4.78 is 0. The fraction of sp³-hybridized carbons (Fsp3) is 0.429. The summed E-state index contributed by atoms with van der Waals surface area (Å²) in [6.07, 6.45) is 12.6. The van der Waals surface area contributed by atoms with Crippen molar-refractivity contribution in [3.8, 4) is 11.5 Å². The molecule has 23 heavy (non-hydrogen) atoms. The van der Waals surface area contributed by atoms with Gasteiger partial charge in [-0.1, -0.05) is 34.9 Å². The van der Waals surface area contributed by atoms with Gasteiger partial charge in [0, 0.05) is 11.1 Å². The van der Waals surface area contributed by atoms with Crippen LogP contribution >= 0.6 is 0 Å². The van der Waals surface area contributed by atoms with Crippen molar-refractivity contribution in [2.75, 3.05) is 0 Å². The van der Waals surface area contributed by atoms with Gasteiger partial charge in [0.25, 0.3) is 0 Å². The van der Waals surface area contributed by atoms with Crippen LogP contribution in [0.25, 0.3) is 0 Å². The molecule has 1 aliphatic carbocycles. The molecule has 124 valence electrons. The molecule has 0 amide bonds. The van der Waals surface area contributed by atoms with Gasteiger partial charge in [-0.05, 0) is 71.4 Å². The minimum Gasteiger partial charge on any atom is -0.508 e. The molecule has 0 fully saturated rings. The summed E-state index contributed by atoms with van der Waals surface area (Å²) in [5.74, 6) is 0.597. The van der Waals surface area contributed by atoms with Gasteiger partial charge in [-0.3, -0.25) is 0 Å². The fourth-order valence-corrected chi connectivity index (χ4v) is 3.02. The number of fused-ring (bicyclic) bond motifs is 1. The van der Waals surface area contributed by atoms with Crippen molar-refractivity contribution in [1.82, 2.24) is 0 Å². The van der Waals surface area contributed by atoms with Gasteiger partial charge in [0.2, 0.25) is 0 Å². The molecule has 0 unspecified atom stereocenters. The molecule has 1 aliphatic rings. The van der Waals surface area contributed by atoms with Gasteiger partial charge in [0.05, 0.1) is 0 Å². The highest BCUT2D eigenvalue weighted by molar-refractivity contribution is 5.52. The van der Waals surface area contributed by atoms with E-state index in [4.69, 9.17) is 0 Å². The third kappa shape index (κ3) is 5.02. The second kappa shape index (κ2) is 8.05. The Labute approximate surface area is 139 Å². The lowest BCUT2D eigenvalue weighted by molar-refractivity contribution is 0.449. The average molecular weight is 312 g/mol. The van der Waals surface area contributed by atoms with E-state index in [1.54, 1.807) is 12.1 Å². The van der Waals surface area contributed by atoms with Crippen LogP contribution in [0.4, 0.5) is 0 Å². The molecule has 0 saturated carbocycles. The highest BCUT2D eigenvalue weighted by atomic mass is 16.3. The van der Waals surface area contributed by atoms with Gasteiger partial charge in [-0.15, -0.1) is 0 Å². The van der Waals surface area contributed by atoms with E-state index in [0.29, 0.717) is 17.9 Å². The largest absolute Gasteiger partial charge is 0.508 e. The predicted molar refractivity (Wildman–Crippen MR) is 96.9 cm³/mol. The molecule has 2 N–H and O–H groups in total. The zero-order valence-electron chi connectivity index (χ0n) is 14.5. The number of allylic oxidation sites excluding steroid dienone is 6. The van der Waals surface area contributed by atoms with E-state index in [9.17, 15) is 10.2 Å². The highest BCUT2D eigenvalue weighted by Gasteiger charge is 2.17. The zero-order valence-corrected chi connectivity index (χ0v) is 14.5. The van der Waals surface area contributed by atoms with E-state index in [2.05, 4.69) is 39.0 Å². The first kappa shape index (κ1) is 17.4. The summed E-state index contributed by atoms with van der Waals surface area (Å²) in [4.78, 5) is 0. The molecule has 1 aromatic rings. The molecular weight excluding hydrogens is 284 g/mol. The zero-order chi connectivity index (χ0) is 16.8. The average Bonchev–Trinajstić information content (AvgIpc) is 2.51. The van der Waals surface area contributed by atoms with Crippen molar-refractivity contribution in [2.24, 2.45) is 0 Å². The Balaban J connectivity index is 1.87. The van der Waals surface area contributed by atoms with Gasteiger partial charge >= 0.3 is 0 Å². The monoisotopic (exact) mass is 312 g/mol. The van der Waals surface area contributed by atoms with Crippen molar-refractivity contribution in [3.63, 3.8) is 0 Å². The Hall–Kier alpha value is -1.96. The van der Waals surface area contributed by atoms with Crippen LogP contribution in [0, 0.1) is 0 Å². The van der Waals surface area contributed by atoms with Gasteiger partial charge < -0.3 is 10.2 Å². The first-order valence-corrected chi connectivity index (χ1v) is 8.47. The van der Waals surface area contributed by atoms with Crippen LogP contribution in [0.5, 0.6) is 11.5 Å². The van der Waals surface area contributed by atoms with Crippen LogP contribution in [-0.4, -0.2) is 10.2 Å². The lowest BCUT2D eigenvalue weighted by Crippen LogP contribution is -2.04. The lowest BCUT2D eigenvalue weighted by atomic mass is 9.88. The Bertz CT molecular complexity index is 644. The molecule has 0 atom stereocenters. The molecule has 2 rings (SSSR count). The lowest BCUT2D eigenvalue weighted by Gasteiger charge is -2.19. The van der Waals surface area contributed by atoms with E-state index >= 15 is 0 Å². The molecule has 2 nitrogen and oxygen atoms in total. The van der Waals surface area contributed by atoms with Gasteiger partial charge in [-0.25, -0.2) is 0 Å². The fourth-order valence-electron chi connectivity index (χ4n) is 3.02. The molecule has 0 spiro atoms. The number of aromatic hydroxyl groups is 2. The second-order valence-corrected chi connectivity index (χ2v) is 6.71. The first-order chi connectivity index (χ1) is 11.0. The molecular formula is C21H28O2. The van der Waals surface area contributed by atoms with E-state index in [-0.39, 0.29) is 0 Å². The van der Waals surface area contributed by atoms with E-state index in [1.165, 1.54) is 16.7 Å². The van der Waals surface area contributed by atoms with Gasteiger partial charge in [0.1, 0.15) is 11.5 Å². The van der Waals surface area contributed by atoms with E-state index < -0.39 is 0 Å². The summed E-state index contributed by atoms with van der Waals surface area (Å²) in [5.41, 5.74) is 5.95. The van der Waals surface area contributed by atoms with Crippen LogP contribution in [0.15, 0.2) is 47.1 Å². The number of rotatable bonds is 6. The number of benzene rings is 1. The molecule has 0 bridgehead atoms. The summed E-state index contributed by atoms with van der Waals surface area (Å²) in [7, 11) is 0. The molecule has 2 heteroatoms. The van der Waals surface area contributed by atoms with E-state index in [1.807, 2.05) is 0 Å². The SMILES string of the molecule is CC(C)=CCCC(C)=CCCC1=CCc2c(O)ccc(O)c2C1. The van der Waals surface area contributed by atoms with Crippen LogP contribution in [0.3, 0.4) is 0 Å². The van der Waals surface area contributed by atoms with Crippen molar-refractivity contribution in [2.45, 2.75) is 59.3 Å². The number of phenolic OH excluding ortho intramolecular Hbond substituents is 2. The second-order valence-electron chi connectivity index (χ2n) is 6.71. The van der Waals surface area contributed by atoms with Crippen molar-refractivity contribution in [3.05, 3.63) is 58.2 Å². The molecule has 0 heterocycles. The maximum absolute atomic E-state index is 10.00. The molecule has 0 saturated heterocycles. The Morgan fingerprint density at radius 2 is 1.70 bits per heavy atom. The maximum atomic E-state index is 10.00. The quantitative estimate of drug-likeness (QED) is 0.530. The third-order valence-electron chi connectivity index (χ3n) is 4.43. The Morgan fingerprint density at radius 3 is 2.39 bits per heavy atom. The molecule has 0 aliphatic heterocycles. The molecule has 0 radical (unpaired) electrons. The van der Waals surface area contributed by atoms with Crippen molar-refractivity contribution < 1.29 is 10.2 Å².